The predicted octanol–water partition coefficient (Wildman–Crippen LogP) is 3.01. The van der Waals surface area contributed by atoms with Gasteiger partial charge in [0, 0.05) is 6.54 Å². The summed E-state index contributed by atoms with van der Waals surface area (Å²) in [6.45, 7) is 1.24. The summed E-state index contributed by atoms with van der Waals surface area (Å²) in [5, 5.41) is 2.47. The van der Waals surface area contributed by atoms with Gasteiger partial charge in [-0.05, 0) is 36.8 Å². The molecular formula is C19H15F3N2O3. The van der Waals surface area contributed by atoms with E-state index in [9.17, 15) is 27.6 Å². The molecule has 0 saturated heterocycles. The molecule has 3 amide bonds. The second-order valence-electron chi connectivity index (χ2n) is 6.12. The van der Waals surface area contributed by atoms with Crippen molar-refractivity contribution >= 4 is 17.7 Å². The molecule has 0 aromatic heterocycles. The van der Waals surface area contributed by atoms with E-state index >= 15 is 0 Å². The molecule has 1 unspecified atom stereocenters. The highest BCUT2D eigenvalue weighted by Crippen LogP contribution is 2.29. The average Bonchev–Trinajstić information content (AvgIpc) is 2.90. The number of imide groups is 1. The number of hydrogen-bond acceptors (Lipinski definition) is 3. The smallest absolute Gasteiger partial charge is 0.350 e. The van der Waals surface area contributed by atoms with E-state index in [1.165, 1.54) is 31.2 Å². The number of nitrogens with zero attached hydrogens (tertiary/aromatic N) is 1. The lowest BCUT2D eigenvalue weighted by atomic mass is 10.1. The maximum Gasteiger partial charge on any atom is 0.416 e. The lowest BCUT2D eigenvalue weighted by Gasteiger charge is -2.21. The molecule has 0 spiro atoms. The van der Waals surface area contributed by atoms with E-state index in [4.69, 9.17) is 0 Å². The zero-order chi connectivity index (χ0) is 19.8. The number of nitrogens with one attached hydrogen (secondary N) is 1. The third kappa shape index (κ3) is 3.55. The Morgan fingerprint density at radius 3 is 2.19 bits per heavy atom. The number of amides is 3. The summed E-state index contributed by atoms with van der Waals surface area (Å²) in [7, 11) is 0. The van der Waals surface area contributed by atoms with Gasteiger partial charge in [-0.25, -0.2) is 0 Å². The second-order valence-corrected chi connectivity index (χ2v) is 6.12. The minimum atomic E-state index is -4.48. The average molecular weight is 376 g/mol. The van der Waals surface area contributed by atoms with E-state index in [1.54, 1.807) is 12.1 Å². The molecule has 8 heteroatoms. The summed E-state index contributed by atoms with van der Waals surface area (Å²) in [6, 6.07) is 9.71. The van der Waals surface area contributed by atoms with E-state index in [1.807, 2.05) is 0 Å². The Kier molecular flexibility index (Phi) is 4.73. The topological polar surface area (TPSA) is 66.5 Å². The molecule has 1 atom stereocenters. The Morgan fingerprint density at radius 2 is 1.63 bits per heavy atom. The molecule has 0 aliphatic carbocycles. The highest BCUT2D eigenvalue weighted by Gasteiger charge is 2.40. The van der Waals surface area contributed by atoms with Gasteiger partial charge in [-0.1, -0.05) is 24.3 Å². The van der Waals surface area contributed by atoms with E-state index in [2.05, 4.69) is 5.32 Å². The second kappa shape index (κ2) is 6.86. The SMILES string of the molecule is CC(C(=O)NCc1cccc(C(F)(F)F)c1)N1C(=O)c2ccccc2C1=O. The standard InChI is InChI=1S/C19H15F3N2O3/c1-11(24-17(26)14-7-2-3-8-15(14)18(24)27)16(25)23-10-12-5-4-6-13(9-12)19(20,21)22/h2-9,11H,10H2,1H3,(H,23,25). The summed E-state index contributed by atoms with van der Waals surface area (Å²) >= 11 is 0. The summed E-state index contributed by atoms with van der Waals surface area (Å²) in [4.78, 5) is 38.0. The van der Waals surface area contributed by atoms with Crippen LogP contribution in [0.1, 0.15) is 38.8 Å². The molecule has 1 N–H and O–H groups in total. The molecule has 1 aliphatic rings. The van der Waals surface area contributed by atoms with Gasteiger partial charge < -0.3 is 5.32 Å². The lowest BCUT2D eigenvalue weighted by molar-refractivity contribution is -0.137. The summed E-state index contributed by atoms with van der Waals surface area (Å²) in [6.07, 6.45) is -4.48. The Morgan fingerprint density at radius 1 is 1.04 bits per heavy atom. The third-order valence-corrected chi connectivity index (χ3v) is 4.31. The fourth-order valence-corrected chi connectivity index (χ4v) is 2.87. The molecule has 2 aromatic carbocycles. The third-order valence-electron chi connectivity index (χ3n) is 4.31. The van der Waals surface area contributed by atoms with Crippen LogP contribution in [0.5, 0.6) is 0 Å². The first-order chi connectivity index (χ1) is 12.7. The highest BCUT2D eigenvalue weighted by atomic mass is 19.4. The molecule has 0 saturated carbocycles. The molecule has 2 aromatic rings. The number of rotatable bonds is 4. The first kappa shape index (κ1) is 18.6. The quantitative estimate of drug-likeness (QED) is 0.835. The number of benzene rings is 2. The van der Waals surface area contributed by atoms with Crippen LogP contribution < -0.4 is 5.32 Å². The van der Waals surface area contributed by atoms with E-state index in [0.717, 1.165) is 17.0 Å². The van der Waals surface area contributed by atoms with E-state index in [0.29, 0.717) is 0 Å². The Hall–Kier alpha value is -3.16. The maximum absolute atomic E-state index is 12.7. The fourth-order valence-electron chi connectivity index (χ4n) is 2.87. The molecule has 1 aliphatic heterocycles. The lowest BCUT2D eigenvalue weighted by Crippen LogP contribution is -2.47. The van der Waals surface area contributed by atoms with Crippen LogP contribution in [0.15, 0.2) is 48.5 Å². The Balaban J connectivity index is 1.69. The van der Waals surface area contributed by atoms with Gasteiger partial charge in [-0.15, -0.1) is 0 Å². The molecule has 5 nitrogen and oxygen atoms in total. The summed E-state index contributed by atoms with van der Waals surface area (Å²) in [5.41, 5.74) is -0.115. The van der Waals surface area contributed by atoms with Crippen molar-refractivity contribution < 1.29 is 27.6 Å². The van der Waals surface area contributed by atoms with Gasteiger partial charge in [0.2, 0.25) is 5.91 Å². The van der Waals surface area contributed by atoms with Crippen LogP contribution >= 0.6 is 0 Å². The van der Waals surface area contributed by atoms with Crippen LogP contribution in [0, 0.1) is 0 Å². The Labute approximate surface area is 152 Å². The number of fused-ring (bicyclic) bond motifs is 1. The number of carbonyl (C=O) groups is 3. The molecule has 140 valence electrons. The van der Waals surface area contributed by atoms with Crippen molar-refractivity contribution in [3.05, 3.63) is 70.8 Å². The number of halogens is 3. The minimum absolute atomic E-state index is 0.156. The first-order valence-corrected chi connectivity index (χ1v) is 8.11. The molecule has 0 bridgehead atoms. The molecule has 1 heterocycles. The zero-order valence-corrected chi connectivity index (χ0v) is 14.2. The van der Waals surface area contributed by atoms with Crippen molar-refractivity contribution in [2.45, 2.75) is 25.7 Å². The molecular weight excluding hydrogens is 361 g/mol. The van der Waals surface area contributed by atoms with Gasteiger partial charge in [0.05, 0.1) is 16.7 Å². The minimum Gasteiger partial charge on any atom is -0.350 e. The van der Waals surface area contributed by atoms with E-state index < -0.39 is 35.5 Å². The molecule has 0 radical (unpaired) electrons. The molecule has 0 fully saturated rings. The van der Waals surface area contributed by atoms with Crippen LogP contribution in [-0.2, 0) is 17.5 Å². The normalized spacial score (nSPS) is 14.9. The Bertz CT molecular complexity index is 889. The van der Waals surface area contributed by atoms with Gasteiger partial charge >= 0.3 is 6.18 Å². The number of carbonyl (C=O) groups excluding carboxylic acids is 3. The van der Waals surface area contributed by atoms with Gasteiger partial charge in [0.25, 0.3) is 11.8 Å². The van der Waals surface area contributed by atoms with Crippen molar-refractivity contribution in [1.29, 1.82) is 0 Å². The van der Waals surface area contributed by atoms with Crippen molar-refractivity contribution in [2.24, 2.45) is 0 Å². The highest BCUT2D eigenvalue weighted by molar-refractivity contribution is 6.22. The van der Waals surface area contributed by atoms with Crippen molar-refractivity contribution in [3.63, 3.8) is 0 Å². The predicted molar refractivity (Wildman–Crippen MR) is 89.7 cm³/mol. The number of alkyl halides is 3. The van der Waals surface area contributed by atoms with Crippen LogP contribution in [0.3, 0.4) is 0 Å². The fraction of sp³-hybridized carbons (Fsp3) is 0.211. The van der Waals surface area contributed by atoms with Crippen LogP contribution in [0.4, 0.5) is 13.2 Å². The number of hydrogen-bond donors (Lipinski definition) is 1. The van der Waals surface area contributed by atoms with Gasteiger partial charge in [-0.3, -0.25) is 19.3 Å². The monoisotopic (exact) mass is 376 g/mol. The van der Waals surface area contributed by atoms with Crippen LogP contribution in [0.2, 0.25) is 0 Å². The van der Waals surface area contributed by atoms with Crippen molar-refractivity contribution in [1.82, 2.24) is 10.2 Å². The molecule has 3 rings (SSSR count). The van der Waals surface area contributed by atoms with E-state index in [-0.39, 0.29) is 23.2 Å². The zero-order valence-electron chi connectivity index (χ0n) is 14.2. The van der Waals surface area contributed by atoms with Crippen LogP contribution in [-0.4, -0.2) is 28.7 Å². The summed E-state index contributed by atoms with van der Waals surface area (Å²) < 4.78 is 38.2. The maximum atomic E-state index is 12.7. The van der Waals surface area contributed by atoms with Gasteiger partial charge in [-0.2, -0.15) is 13.2 Å². The van der Waals surface area contributed by atoms with Crippen molar-refractivity contribution in [2.75, 3.05) is 0 Å². The largest absolute Gasteiger partial charge is 0.416 e. The van der Waals surface area contributed by atoms with Crippen molar-refractivity contribution in [3.8, 4) is 0 Å². The van der Waals surface area contributed by atoms with Gasteiger partial charge in [0.15, 0.2) is 0 Å². The first-order valence-electron chi connectivity index (χ1n) is 8.11. The molecule has 27 heavy (non-hydrogen) atoms. The summed E-state index contributed by atoms with van der Waals surface area (Å²) in [5.74, 6) is -1.78. The van der Waals surface area contributed by atoms with Gasteiger partial charge in [0.1, 0.15) is 6.04 Å². The van der Waals surface area contributed by atoms with Crippen LogP contribution in [0.25, 0.3) is 0 Å².